The predicted octanol–water partition coefficient (Wildman–Crippen LogP) is 2.29. The first kappa shape index (κ1) is 13.4. The Balaban J connectivity index is 2.72. The third-order valence-corrected chi connectivity index (χ3v) is 2.47. The third-order valence-electron chi connectivity index (χ3n) is 2.47. The van der Waals surface area contributed by atoms with E-state index in [1.54, 1.807) is 14.0 Å². The second kappa shape index (κ2) is 6.13. The third kappa shape index (κ3) is 3.66. The second-order valence-electron chi connectivity index (χ2n) is 3.80. The van der Waals surface area contributed by atoms with Crippen LogP contribution in [-0.4, -0.2) is 26.2 Å². The topological polar surface area (TPSA) is 47.6 Å². The van der Waals surface area contributed by atoms with E-state index in [9.17, 15) is 4.79 Å². The first-order valence-corrected chi connectivity index (χ1v) is 5.63. The lowest BCUT2D eigenvalue weighted by molar-refractivity contribution is -0.140. The Morgan fingerprint density at radius 2 is 2.00 bits per heavy atom. The van der Waals surface area contributed by atoms with Gasteiger partial charge in [-0.2, -0.15) is 0 Å². The predicted molar refractivity (Wildman–Crippen MR) is 67.6 cm³/mol. The van der Waals surface area contributed by atoms with Gasteiger partial charge in [-0.15, -0.1) is 0 Å². The molecule has 1 aromatic rings. The molecule has 0 spiro atoms. The minimum Gasteiger partial charge on any atom is -0.496 e. The van der Waals surface area contributed by atoms with Gasteiger partial charge in [-0.3, -0.25) is 4.79 Å². The molecule has 94 valence electrons. The number of hydrogen-bond donors (Lipinski definition) is 1. The van der Waals surface area contributed by atoms with Crippen LogP contribution in [0, 0.1) is 13.8 Å². The van der Waals surface area contributed by atoms with Crippen molar-refractivity contribution in [3.05, 3.63) is 23.3 Å². The lowest BCUT2D eigenvalue weighted by atomic mass is 10.1. The molecule has 0 saturated carbocycles. The molecule has 0 heterocycles. The van der Waals surface area contributed by atoms with Crippen LogP contribution in [0.15, 0.2) is 12.1 Å². The number of anilines is 1. The highest BCUT2D eigenvalue weighted by Gasteiger charge is 2.06. The average molecular weight is 237 g/mol. The van der Waals surface area contributed by atoms with E-state index in [0.717, 1.165) is 22.6 Å². The van der Waals surface area contributed by atoms with E-state index >= 15 is 0 Å². The van der Waals surface area contributed by atoms with E-state index in [4.69, 9.17) is 9.47 Å². The number of benzene rings is 1. The zero-order valence-corrected chi connectivity index (χ0v) is 10.8. The number of nitrogens with one attached hydrogen (secondary N) is 1. The van der Waals surface area contributed by atoms with Gasteiger partial charge in [-0.05, 0) is 44.0 Å². The van der Waals surface area contributed by atoms with Gasteiger partial charge in [0.2, 0.25) is 0 Å². The van der Waals surface area contributed by atoms with Crippen LogP contribution >= 0.6 is 0 Å². The van der Waals surface area contributed by atoms with E-state index in [2.05, 4.69) is 5.32 Å². The van der Waals surface area contributed by atoms with Crippen molar-refractivity contribution < 1.29 is 14.3 Å². The summed E-state index contributed by atoms with van der Waals surface area (Å²) in [6, 6.07) is 3.91. The molecule has 0 aliphatic carbocycles. The van der Waals surface area contributed by atoms with Crippen LogP contribution in [0.4, 0.5) is 5.69 Å². The fourth-order valence-electron chi connectivity index (χ4n) is 1.58. The summed E-state index contributed by atoms with van der Waals surface area (Å²) in [5, 5.41) is 3.06. The molecule has 0 bridgehead atoms. The molecule has 0 radical (unpaired) electrons. The van der Waals surface area contributed by atoms with Gasteiger partial charge in [0, 0.05) is 5.69 Å². The Bertz CT molecular complexity index is 402. The summed E-state index contributed by atoms with van der Waals surface area (Å²) in [5.41, 5.74) is 3.00. The minimum atomic E-state index is -0.250. The van der Waals surface area contributed by atoms with Crippen molar-refractivity contribution in [1.82, 2.24) is 0 Å². The lowest BCUT2D eigenvalue weighted by Gasteiger charge is -2.12. The maximum atomic E-state index is 11.2. The number of carbonyl (C=O) groups excluding carboxylic acids is 1. The molecule has 1 aromatic carbocycles. The maximum absolute atomic E-state index is 11.2. The molecule has 1 N–H and O–H groups in total. The summed E-state index contributed by atoms with van der Waals surface area (Å²) in [6.45, 7) is 6.31. The van der Waals surface area contributed by atoms with Gasteiger partial charge in [-0.1, -0.05) is 0 Å². The molecule has 4 heteroatoms. The molecule has 0 atom stereocenters. The summed E-state index contributed by atoms with van der Waals surface area (Å²) < 4.78 is 10.1. The van der Waals surface area contributed by atoms with Crippen LogP contribution in [0.5, 0.6) is 5.75 Å². The number of esters is 1. The number of hydrogen-bond acceptors (Lipinski definition) is 4. The van der Waals surface area contributed by atoms with Crippen molar-refractivity contribution in [2.24, 2.45) is 0 Å². The molecule has 0 amide bonds. The number of carbonyl (C=O) groups is 1. The van der Waals surface area contributed by atoms with Gasteiger partial charge in [-0.25, -0.2) is 0 Å². The smallest absolute Gasteiger partial charge is 0.325 e. The van der Waals surface area contributed by atoms with E-state index in [0.29, 0.717) is 6.61 Å². The molecule has 0 saturated heterocycles. The number of ether oxygens (including phenoxy) is 2. The zero-order valence-electron chi connectivity index (χ0n) is 10.8. The summed E-state index contributed by atoms with van der Waals surface area (Å²) in [5.74, 6) is 0.601. The van der Waals surface area contributed by atoms with Gasteiger partial charge in [0.25, 0.3) is 0 Å². The summed E-state index contributed by atoms with van der Waals surface area (Å²) in [7, 11) is 1.65. The zero-order chi connectivity index (χ0) is 12.8. The van der Waals surface area contributed by atoms with Crippen molar-refractivity contribution in [2.45, 2.75) is 20.8 Å². The summed E-state index contributed by atoms with van der Waals surface area (Å²) in [6.07, 6.45) is 0. The fourth-order valence-corrected chi connectivity index (χ4v) is 1.58. The normalized spacial score (nSPS) is 9.88. The van der Waals surface area contributed by atoms with Gasteiger partial charge < -0.3 is 14.8 Å². The second-order valence-corrected chi connectivity index (χ2v) is 3.80. The molecule has 0 aliphatic heterocycles. The van der Waals surface area contributed by atoms with Crippen LogP contribution in [0.25, 0.3) is 0 Å². The average Bonchev–Trinajstić information content (AvgIpc) is 2.30. The quantitative estimate of drug-likeness (QED) is 0.798. The van der Waals surface area contributed by atoms with E-state index < -0.39 is 0 Å². The van der Waals surface area contributed by atoms with Crippen LogP contribution in [0.1, 0.15) is 18.1 Å². The van der Waals surface area contributed by atoms with Crippen molar-refractivity contribution in [3.63, 3.8) is 0 Å². The fraction of sp³-hybridized carbons (Fsp3) is 0.462. The standard InChI is InChI=1S/C13H19NO3/c1-5-17-13(15)8-14-11-6-10(3)12(16-4)7-9(11)2/h6-7,14H,5,8H2,1-4H3. The Kier molecular flexibility index (Phi) is 4.82. The molecular formula is C13H19NO3. The van der Waals surface area contributed by atoms with Crippen LogP contribution < -0.4 is 10.1 Å². The highest BCUT2D eigenvalue weighted by Crippen LogP contribution is 2.25. The minimum absolute atomic E-state index is 0.181. The van der Waals surface area contributed by atoms with Gasteiger partial charge in [0.1, 0.15) is 12.3 Å². The van der Waals surface area contributed by atoms with Crippen molar-refractivity contribution in [3.8, 4) is 5.75 Å². The number of aryl methyl sites for hydroxylation is 2. The largest absolute Gasteiger partial charge is 0.496 e. The SMILES string of the molecule is CCOC(=O)CNc1cc(C)c(OC)cc1C. The summed E-state index contributed by atoms with van der Waals surface area (Å²) >= 11 is 0. The van der Waals surface area contributed by atoms with Crippen LogP contribution in [0.2, 0.25) is 0 Å². The van der Waals surface area contributed by atoms with Crippen molar-refractivity contribution in [1.29, 1.82) is 0 Å². The molecule has 1 rings (SSSR count). The number of rotatable bonds is 5. The first-order valence-electron chi connectivity index (χ1n) is 5.63. The van der Waals surface area contributed by atoms with Crippen LogP contribution in [0.3, 0.4) is 0 Å². The highest BCUT2D eigenvalue weighted by molar-refractivity contribution is 5.75. The van der Waals surface area contributed by atoms with Crippen LogP contribution in [-0.2, 0) is 9.53 Å². The molecule has 0 unspecified atom stereocenters. The Morgan fingerprint density at radius 3 is 2.59 bits per heavy atom. The molecule has 0 aromatic heterocycles. The summed E-state index contributed by atoms with van der Waals surface area (Å²) in [4.78, 5) is 11.2. The first-order chi connectivity index (χ1) is 8.08. The molecule has 0 fully saturated rings. The Labute approximate surface area is 102 Å². The lowest BCUT2D eigenvalue weighted by Crippen LogP contribution is -2.17. The van der Waals surface area contributed by atoms with E-state index in [1.807, 2.05) is 26.0 Å². The Hall–Kier alpha value is -1.71. The monoisotopic (exact) mass is 237 g/mol. The molecular weight excluding hydrogens is 218 g/mol. The van der Waals surface area contributed by atoms with Gasteiger partial charge >= 0.3 is 5.97 Å². The molecule has 0 aliphatic rings. The van der Waals surface area contributed by atoms with Crippen molar-refractivity contribution in [2.75, 3.05) is 25.6 Å². The Morgan fingerprint density at radius 1 is 1.29 bits per heavy atom. The number of methoxy groups -OCH3 is 1. The maximum Gasteiger partial charge on any atom is 0.325 e. The van der Waals surface area contributed by atoms with Crippen molar-refractivity contribution >= 4 is 11.7 Å². The van der Waals surface area contributed by atoms with Gasteiger partial charge in [0.15, 0.2) is 0 Å². The van der Waals surface area contributed by atoms with E-state index in [1.165, 1.54) is 0 Å². The van der Waals surface area contributed by atoms with E-state index in [-0.39, 0.29) is 12.5 Å². The van der Waals surface area contributed by atoms with Gasteiger partial charge in [0.05, 0.1) is 13.7 Å². The highest BCUT2D eigenvalue weighted by atomic mass is 16.5. The molecule has 17 heavy (non-hydrogen) atoms. The molecule has 4 nitrogen and oxygen atoms in total.